The Kier molecular flexibility index (Phi) is 3.58. The van der Waals surface area contributed by atoms with Crippen molar-refractivity contribution >= 4 is 21.8 Å². The van der Waals surface area contributed by atoms with Crippen LogP contribution >= 0.6 is 0 Å². The Morgan fingerprint density at radius 1 is 1.24 bits per heavy atom. The second kappa shape index (κ2) is 4.85. The van der Waals surface area contributed by atoms with Crippen LogP contribution in [0.3, 0.4) is 0 Å². The lowest BCUT2D eigenvalue weighted by Crippen LogP contribution is -2.65. The minimum Gasteiger partial charge on any atom is -0.294 e. The number of sulfonamides is 1. The van der Waals surface area contributed by atoms with Crippen molar-refractivity contribution < 1.29 is 26.8 Å². The summed E-state index contributed by atoms with van der Waals surface area (Å²) in [5.41, 5.74) is -1.61. The lowest BCUT2D eigenvalue weighted by atomic mass is 10.0. The molecule has 0 aromatic heterocycles. The van der Waals surface area contributed by atoms with Crippen LogP contribution in [0.2, 0.25) is 0 Å². The number of amides is 2. The number of nitrogens with one attached hydrogen (secondary N) is 1. The van der Waals surface area contributed by atoms with Gasteiger partial charge >= 0.3 is 0 Å². The van der Waals surface area contributed by atoms with Crippen LogP contribution in [-0.2, 0) is 19.6 Å². The summed E-state index contributed by atoms with van der Waals surface area (Å²) in [4.78, 5) is 22.2. The fourth-order valence-electron chi connectivity index (χ4n) is 1.94. The Hall–Kier alpha value is -1.87. The lowest BCUT2D eigenvalue weighted by molar-refractivity contribution is -0.141. The van der Waals surface area contributed by atoms with Gasteiger partial charge in [0.2, 0.25) is 21.8 Å². The van der Waals surface area contributed by atoms with E-state index in [1.54, 1.807) is 0 Å². The number of rotatable bonds is 2. The summed E-state index contributed by atoms with van der Waals surface area (Å²) in [6.07, 6.45) is 0. The van der Waals surface area contributed by atoms with Gasteiger partial charge in [-0.1, -0.05) is 0 Å². The first-order valence-electron chi connectivity index (χ1n) is 5.89. The summed E-state index contributed by atoms with van der Waals surface area (Å²) in [5.74, 6) is -3.77. The lowest BCUT2D eigenvalue weighted by Gasteiger charge is -2.38. The molecule has 0 radical (unpaired) electrons. The van der Waals surface area contributed by atoms with Gasteiger partial charge in [-0.05, 0) is 32.0 Å². The zero-order valence-corrected chi connectivity index (χ0v) is 12.0. The first-order chi connectivity index (χ1) is 9.56. The van der Waals surface area contributed by atoms with Crippen LogP contribution in [0.25, 0.3) is 0 Å². The Labute approximate surface area is 119 Å². The number of carbonyl (C=O) groups excluding carboxylic acids is 2. The number of hydrogen-bond donors (Lipinski definition) is 1. The van der Waals surface area contributed by atoms with E-state index in [0.717, 1.165) is 6.07 Å². The van der Waals surface area contributed by atoms with E-state index < -0.39 is 50.5 Å². The molecule has 2 amide bonds. The van der Waals surface area contributed by atoms with Crippen LogP contribution in [0.15, 0.2) is 23.1 Å². The maximum Gasteiger partial charge on any atom is 0.247 e. The Bertz CT molecular complexity index is 731. The number of piperazine rings is 1. The quantitative estimate of drug-likeness (QED) is 0.800. The fraction of sp³-hybridized carbons (Fsp3) is 0.333. The van der Waals surface area contributed by atoms with E-state index >= 15 is 0 Å². The number of halogens is 2. The zero-order valence-electron chi connectivity index (χ0n) is 11.2. The van der Waals surface area contributed by atoms with Gasteiger partial charge in [0.05, 0.1) is 6.54 Å². The molecule has 1 aromatic rings. The molecule has 1 N–H and O–H groups in total. The average Bonchev–Trinajstić information content (AvgIpc) is 2.36. The monoisotopic (exact) mass is 318 g/mol. The van der Waals surface area contributed by atoms with Crippen molar-refractivity contribution in [2.24, 2.45) is 0 Å². The molecule has 21 heavy (non-hydrogen) atoms. The molecular weight excluding hydrogens is 306 g/mol. The molecule has 0 bridgehead atoms. The molecule has 1 heterocycles. The second-order valence-electron chi connectivity index (χ2n) is 5.02. The molecule has 0 spiro atoms. The van der Waals surface area contributed by atoms with Gasteiger partial charge in [-0.2, -0.15) is 4.31 Å². The van der Waals surface area contributed by atoms with Crippen LogP contribution in [0, 0.1) is 11.6 Å². The molecule has 6 nitrogen and oxygen atoms in total. The van der Waals surface area contributed by atoms with Gasteiger partial charge in [-0.15, -0.1) is 0 Å². The Morgan fingerprint density at radius 3 is 2.48 bits per heavy atom. The molecule has 0 unspecified atom stereocenters. The van der Waals surface area contributed by atoms with Crippen LogP contribution < -0.4 is 5.32 Å². The Balaban J connectivity index is 2.59. The van der Waals surface area contributed by atoms with Crippen LogP contribution in [-0.4, -0.2) is 36.6 Å². The third-order valence-corrected chi connectivity index (χ3v) is 5.22. The van der Waals surface area contributed by atoms with E-state index in [1.807, 2.05) is 5.32 Å². The van der Waals surface area contributed by atoms with E-state index in [0.29, 0.717) is 16.4 Å². The number of hydrogen-bond acceptors (Lipinski definition) is 4. The van der Waals surface area contributed by atoms with Crippen molar-refractivity contribution in [2.75, 3.05) is 6.54 Å². The third-order valence-electron chi connectivity index (χ3n) is 3.18. The summed E-state index contributed by atoms with van der Waals surface area (Å²) in [5, 5.41) is 2.00. The van der Waals surface area contributed by atoms with Gasteiger partial charge in [-0.3, -0.25) is 14.9 Å². The van der Waals surface area contributed by atoms with Crippen LogP contribution in [0.4, 0.5) is 8.78 Å². The van der Waals surface area contributed by atoms with E-state index in [4.69, 9.17) is 0 Å². The van der Waals surface area contributed by atoms with E-state index in [-0.39, 0.29) is 0 Å². The first-order valence-corrected chi connectivity index (χ1v) is 7.33. The molecule has 1 aliphatic rings. The summed E-state index contributed by atoms with van der Waals surface area (Å²) in [7, 11) is -4.55. The average molecular weight is 318 g/mol. The zero-order chi connectivity index (χ0) is 16.0. The van der Waals surface area contributed by atoms with E-state index in [2.05, 4.69) is 0 Å². The molecule has 1 fully saturated rings. The highest BCUT2D eigenvalue weighted by Gasteiger charge is 2.48. The molecule has 114 valence electrons. The summed E-state index contributed by atoms with van der Waals surface area (Å²) in [6, 6.07) is 1.95. The standard InChI is InChI=1S/C12H12F2N2O4S/c1-12(2)11(18)15-10(17)6-16(12)21(19,20)9-5-7(13)3-4-8(9)14/h3-5H,6H2,1-2H3,(H,15,17,18). The molecule has 2 rings (SSSR count). The highest BCUT2D eigenvalue weighted by Crippen LogP contribution is 2.28. The normalized spacial score (nSPS) is 19.4. The SMILES string of the molecule is CC1(C)C(=O)NC(=O)CN1S(=O)(=O)c1cc(F)ccc1F. The van der Waals surface area contributed by atoms with Gasteiger partial charge < -0.3 is 0 Å². The first kappa shape index (κ1) is 15.5. The van der Waals surface area contributed by atoms with Gasteiger partial charge in [0.25, 0.3) is 0 Å². The van der Waals surface area contributed by atoms with E-state index in [1.165, 1.54) is 13.8 Å². The second-order valence-corrected chi connectivity index (χ2v) is 6.85. The minimum absolute atomic E-state index is 0.512. The van der Waals surface area contributed by atoms with Gasteiger partial charge in [0.1, 0.15) is 22.1 Å². The molecule has 0 aliphatic carbocycles. The molecule has 1 aliphatic heterocycles. The highest BCUT2D eigenvalue weighted by atomic mass is 32.2. The van der Waals surface area contributed by atoms with Crippen LogP contribution in [0.5, 0.6) is 0 Å². The molecule has 1 saturated heterocycles. The predicted octanol–water partition coefficient (Wildman–Crippen LogP) is 0.390. The predicted molar refractivity (Wildman–Crippen MR) is 67.5 cm³/mol. The number of imide groups is 1. The smallest absolute Gasteiger partial charge is 0.247 e. The van der Waals surface area contributed by atoms with E-state index in [9.17, 15) is 26.8 Å². The van der Waals surface area contributed by atoms with Gasteiger partial charge in [0.15, 0.2) is 0 Å². The summed E-state index contributed by atoms with van der Waals surface area (Å²) < 4.78 is 52.4. The Morgan fingerprint density at radius 2 is 1.86 bits per heavy atom. The van der Waals surface area contributed by atoms with Crippen molar-refractivity contribution in [3.63, 3.8) is 0 Å². The minimum atomic E-state index is -4.55. The molecule has 0 atom stereocenters. The van der Waals surface area contributed by atoms with Crippen molar-refractivity contribution in [1.82, 2.24) is 9.62 Å². The highest BCUT2D eigenvalue weighted by molar-refractivity contribution is 7.89. The van der Waals surface area contributed by atoms with Crippen molar-refractivity contribution in [3.8, 4) is 0 Å². The summed E-state index contributed by atoms with van der Waals surface area (Å²) >= 11 is 0. The van der Waals surface area contributed by atoms with Crippen molar-refractivity contribution in [3.05, 3.63) is 29.8 Å². The van der Waals surface area contributed by atoms with Crippen molar-refractivity contribution in [1.29, 1.82) is 0 Å². The summed E-state index contributed by atoms with van der Waals surface area (Å²) in [6.45, 7) is 1.88. The number of nitrogens with zero attached hydrogens (tertiary/aromatic N) is 1. The largest absolute Gasteiger partial charge is 0.294 e. The van der Waals surface area contributed by atoms with Crippen molar-refractivity contribution in [2.45, 2.75) is 24.3 Å². The molecule has 1 aromatic carbocycles. The molecule has 9 heteroatoms. The van der Waals surface area contributed by atoms with Gasteiger partial charge in [-0.25, -0.2) is 17.2 Å². The third kappa shape index (κ3) is 2.54. The van der Waals surface area contributed by atoms with Gasteiger partial charge in [0, 0.05) is 0 Å². The molecule has 0 saturated carbocycles. The number of carbonyl (C=O) groups is 2. The van der Waals surface area contributed by atoms with Crippen LogP contribution in [0.1, 0.15) is 13.8 Å². The number of benzene rings is 1. The maximum absolute atomic E-state index is 13.7. The topological polar surface area (TPSA) is 83.6 Å². The molecular formula is C12H12F2N2O4S. The fourth-order valence-corrected chi connectivity index (χ4v) is 3.72. The maximum atomic E-state index is 13.7.